The molecule has 8 aliphatic rings. The molecule has 8 heterocycles. The highest BCUT2D eigenvalue weighted by Gasteiger charge is 2.43. The Morgan fingerprint density at radius 1 is 0.331 bits per heavy atom. The van der Waals surface area contributed by atoms with Crippen LogP contribution in [0.5, 0.6) is 0 Å². The molecule has 8 aliphatic heterocycles. The zero-order valence-electron chi connectivity index (χ0n) is 73.6. The monoisotopic (exact) mass is 1780 g/mol. The molecule has 0 spiro atoms. The first-order valence-corrected chi connectivity index (χ1v) is 46.7. The molecule has 16 unspecified atom stereocenters. The summed E-state index contributed by atoms with van der Waals surface area (Å²) in [6, 6.07) is 0. The lowest BCUT2D eigenvalue weighted by Crippen LogP contribution is -2.47. The van der Waals surface area contributed by atoms with Crippen LogP contribution >= 0.6 is 70.6 Å². The fraction of sp³-hybridized carbons (Fsp3) is 0.721. The second-order valence-corrected chi connectivity index (χ2v) is 37.6. The van der Waals surface area contributed by atoms with Gasteiger partial charge in [0, 0.05) is 112 Å². The Labute approximate surface area is 729 Å². The van der Waals surface area contributed by atoms with Gasteiger partial charge in [0.05, 0.1) is 60.6 Å². The summed E-state index contributed by atoms with van der Waals surface area (Å²) in [4.78, 5) is 88.9. The molecule has 676 valence electrons. The molecule has 0 amide bonds. The molecule has 118 heavy (non-hydrogen) atoms. The molecule has 0 N–H and O–H groups in total. The van der Waals surface area contributed by atoms with Gasteiger partial charge in [-0.25, -0.2) is 38.4 Å². The predicted molar refractivity (Wildman–Crippen MR) is 472 cm³/mol. The first kappa shape index (κ1) is 111. The second kappa shape index (κ2) is 59.3. The Bertz CT molecular complexity index is 2910. The summed E-state index contributed by atoms with van der Waals surface area (Å²) in [7, 11) is 0. The summed E-state index contributed by atoms with van der Waals surface area (Å²) in [5, 5.41) is 0.276. The van der Waals surface area contributed by atoms with Crippen molar-refractivity contribution in [3.05, 3.63) is 99.2 Å². The Morgan fingerprint density at radius 3 is 1.00 bits per heavy atom. The maximum Gasteiger partial charge on any atom is 0.335 e. The van der Waals surface area contributed by atoms with Crippen LogP contribution in [0.4, 0.5) is 0 Å². The third kappa shape index (κ3) is 45.1. The van der Waals surface area contributed by atoms with E-state index in [9.17, 15) is 38.4 Å². The van der Waals surface area contributed by atoms with Crippen LogP contribution in [-0.4, -0.2) is 239 Å². The first-order chi connectivity index (χ1) is 55.4. The molecular formula is C86H140O26S6. The lowest BCUT2D eigenvalue weighted by atomic mass is 10.1. The zero-order valence-corrected chi connectivity index (χ0v) is 78.5. The molecular weight excluding hydrogens is 1640 g/mol. The smallest absolute Gasteiger partial charge is 0.335 e. The van der Waals surface area contributed by atoms with Gasteiger partial charge in [0.15, 0.2) is 9.87 Å². The topological polar surface area (TPSA) is 303 Å². The van der Waals surface area contributed by atoms with Crippen LogP contribution in [0.2, 0.25) is 0 Å². The summed E-state index contributed by atoms with van der Waals surface area (Å²) in [6.45, 7) is 65.9. The van der Waals surface area contributed by atoms with Crippen molar-refractivity contribution >= 4 is 118 Å². The van der Waals surface area contributed by atoms with Gasteiger partial charge in [-0.05, 0) is 197 Å². The van der Waals surface area contributed by atoms with E-state index in [-0.39, 0.29) is 71.0 Å². The summed E-state index contributed by atoms with van der Waals surface area (Å²) in [5.41, 5.74) is 1.60. The van der Waals surface area contributed by atoms with Gasteiger partial charge in [0.25, 0.3) is 0 Å². The predicted octanol–water partition coefficient (Wildman–Crippen LogP) is 16.7. The van der Waals surface area contributed by atoms with Gasteiger partial charge < -0.3 is 85.3 Å². The molecule has 32 heteroatoms. The highest BCUT2D eigenvalue weighted by molar-refractivity contribution is 8.01. The van der Waals surface area contributed by atoms with Crippen LogP contribution in [0.1, 0.15) is 202 Å². The molecule has 0 aromatic carbocycles. The molecule has 0 aromatic rings. The maximum atomic E-state index is 11.6. The molecule has 8 fully saturated rings. The molecule has 0 aromatic heterocycles. The van der Waals surface area contributed by atoms with Crippen LogP contribution in [0.15, 0.2) is 99.2 Å². The molecule has 8 saturated heterocycles. The van der Waals surface area contributed by atoms with Gasteiger partial charge in [-0.1, -0.05) is 52.6 Å². The standard InChI is InChI=1S/C12H20O4.2C12H20O3S.C11H18O4.2C11H18O3S.C9H14O3S.C8H12O3S/c1-9(2)11(13)16-12(4)10(3)14-7-5-6-8-15-12;1-9(2)11(13)15-12(4)10(3)16-8-6-5-7-14-12;1-9(2)11(13)15-12(4)10(3)14-7-5-6-8-16-12;1-4-10(12)15-11(3)9(2)13-7-5-6-8-14-11;1-4-10(12)14-11(3)9(2)15-8-6-5-7-13-11;1-4-10(12)14-11(3)9(2)13-7-5-6-8-15-11;1-6(2)9(10)12-8-5-13-4-7(3)11-8;1-3-7(9)11-8-5-12-4-6(2)10-8/h3*10H,1,5-8H2,2-4H3;3*4,9H,1,5-8H2,2-3H3;7-8H,1,4-5H2,2-3H3;3,6,8H,1,4-5H2,2H3. The van der Waals surface area contributed by atoms with Crippen LogP contribution in [0.3, 0.4) is 0 Å². The van der Waals surface area contributed by atoms with E-state index in [1.807, 2.05) is 83.1 Å². The quantitative estimate of drug-likeness (QED) is 0.0787. The van der Waals surface area contributed by atoms with Gasteiger partial charge in [-0.3, -0.25) is 0 Å². The van der Waals surface area contributed by atoms with Crippen LogP contribution in [0.25, 0.3) is 0 Å². The van der Waals surface area contributed by atoms with Gasteiger partial charge >= 0.3 is 47.8 Å². The minimum Gasteiger partial charge on any atom is -0.442 e. The van der Waals surface area contributed by atoms with E-state index >= 15 is 0 Å². The lowest BCUT2D eigenvalue weighted by Gasteiger charge is -2.36. The third-order valence-electron chi connectivity index (χ3n) is 18.5. The molecule has 0 radical (unpaired) electrons. The van der Waals surface area contributed by atoms with Crippen LogP contribution in [0, 0.1) is 0 Å². The molecule has 26 nitrogen and oxygen atoms in total. The molecule has 16 atom stereocenters. The van der Waals surface area contributed by atoms with Crippen molar-refractivity contribution in [2.24, 2.45) is 0 Å². The van der Waals surface area contributed by atoms with Crippen molar-refractivity contribution in [1.29, 1.82) is 0 Å². The van der Waals surface area contributed by atoms with E-state index in [0.29, 0.717) is 73.4 Å². The Morgan fingerprint density at radius 2 is 0.619 bits per heavy atom. The number of ether oxygens (including phenoxy) is 18. The molecule has 0 bridgehead atoms. The van der Waals surface area contributed by atoms with E-state index in [4.69, 9.17) is 85.3 Å². The average molecular weight is 1780 g/mol. The summed E-state index contributed by atoms with van der Waals surface area (Å²) >= 11 is 10.3. The number of thioether (sulfide) groups is 6. The Kier molecular flexibility index (Phi) is 55.9. The van der Waals surface area contributed by atoms with Gasteiger partial charge in [0.2, 0.25) is 35.7 Å². The molecule has 8 rings (SSSR count). The number of rotatable bonds is 16. The normalized spacial score (nSPS) is 31.2. The largest absolute Gasteiger partial charge is 0.442 e. The summed E-state index contributed by atoms with van der Waals surface area (Å²) in [6.07, 6.45) is 15.8. The first-order valence-electron chi connectivity index (χ1n) is 40.3. The van der Waals surface area contributed by atoms with Crippen LogP contribution < -0.4 is 0 Å². The van der Waals surface area contributed by atoms with E-state index < -0.39 is 69.5 Å². The van der Waals surface area contributed by atoms with Crippen molar-refractivity contribution in [2.45, 2.75) is 294 Å². The van der Waals surface area contributed by atoms with Crippen molar-refractivity contribution in [1.82, 2.24) is 0 Å². The van der Waals surface area contributed by atoms with Gasteiger partial charge in [-0.15, -0.1) is 23.5 Å². The second-order valence-electron chi connectivity index (χ2n) is 29.5. The van der Waals surface area contributed by atoms with E-state index in [1.165, 1.54) is 12.2 Å². The van der Waals surface area contributed by atoms with E-state index in [0.717, 1.165) is 137 Å². The van der Waals surface area contributed by atoms with Gasteiger partial charge in [0.1, 0.15) is 24.4 Å². The highest BCUT2D eigenvalue weighted by Crippen LogP contribution is 2.38. The van der Waals surface area contributed by atoms with Crippen molar-refractivity contribution in [2.75, 3.05) is 98.9 Å². The van der Waals surface area contributed by atoms with Crippen molar-refractivity contribution < 1.29 is 124 Å². The summed E-state index contributed by atoms with van der Waals surface area (Å²) < 4.78 is 97.5. The fourth-order valence-corrected chi connectivity index (χ4v) is 16.6. The van der Waals surface area contributed by atoms with Crippen LogP contribution in [-0.2, 0) is 124 Å². The highest BCUT2D eigenvalue weighted by atomic mass is 32.2. The van der Waals surface area contributed by atoms with Gasteiger partial charge in [-0.2, -0.15) is 47.0 Å². The average Bonchev–Trinajstić information content (AvgIpc) is 0.821. The van der Waals surface area contributed by atoms with E-state index in [2.05, 4.69) is 52.6 Å². The number of carbonyl (C=O) groups excluding carboxylic acids is 8. The summed E-state index contributed by atoms with van der Waals surface area (Å²) in [5.74, 6) is 0.559. The molecule has 0 aliphatic carbocycles. The number of esters is 8. The van der Waals surface area contributed by atoms with E-state index in [1.54, 1.807) is 112 Å². The van der Waals surface area contributed by atoms with Crippen molar-refractivity contribution in [3.8, 4) is 0 Å². The maximum absolute atomic E-state index is 11.6. The number of hydrogen-bond donors (Lipinski definition) is 0. The zero-order chi connectivity index (χ0) is 89.3. The number of hydrogen-bond acceptors (Lipinski definition) is 32. The fourth-order valence-electron chi connectivity index (χ4n) is 10.1. The van der Waals surface area contributed by atoms with Crippen molar-refractivity contribution in [3.63, 3.8) is 0 Å². The Hall–Kier alpha value is -4.62. The SMILES string of the molecule is C=C(C)C(=O)OC1(C)OCCCCOC1C.C=C(C)C(=O)OC1(C)OCCCCSC1C.C=C(C)C(=O)OC1(C)SCCCCOC1C.C=C(C)C(=O)OC1CSCC(C)O1.C=CC(=O)OC1(C)OCCCCOC1C.C=CC(=O)OC1(C)OCCCCSC1C.C=CC(=O)OC1(C)SCCCCOC1C.C=CC(=O)OC1CSCC(C)O1. The Balaban J connectivity index is 0.000000675. The lowest BCUT2D eigenvalue weighted by molar-refractivity contribution is -0.270. The number of carbonyl (C=O) groups is 8. The minimum atomic E-state index is -1.02. The molecule has 0 saturated carbocycles. The third-order valence-corrected chi connectivity index (χ3v) is 26.8. The minimum absolute atomic E-state index is 0.0910.